The smallest absolute Gasteiger partial charge is 0.242 e. The van der Waals surface area contributed by atoms with Crippen molar-refractivity contribution in [3.05, 3.63) is 35.4 Å². The number of carbonyl (C=O) groups is 2. The number of nitrogens with one attached hydrogen (secondary N) is 1. The molecule has 0 radical (unpaired) electrons. The standard InChI is InChI=1S/C17H26N2O2/c1-5-15(17(21)18-7-3)19(16(20)6-2)12-14-10-8-9-13(4)11-14/h8-11,15H,5-7,12H2,1-4H3,(H,18,21). The van der Waals surface area contributed by atoms with Gasteiger partial charge in [-0.05, 0) is 25.8 Å². The van der Waals surface area contributed by atoms with Gasteiger partial charge in [0.25, 0.3) is 0 Å². The third kappa shape index (κ3) is 4.88. The molecule has 0 heterocycles. The molecule has 2 amide bonds. The highest BCUT2D eigenvalue weighted by atomic mass is 16.2. The number of aryl methyl sites for hydroxylation is 1. The summed E-state index contributed by atoms with van der Waals surface area (Å²) in [6, 6.07) is 7.65. The Labute approximate surface area is 127 Å². The minimum atomic E-state index is -0.405. The first-order chi connectivity index (χ1) is 10.0. The molecule has 1 aromatic rings. The second-order valence-corrected chi connectivity index (χ2v) is 5.18. The van der Waals surface area contributed by atoms with Crippen LogP contribution in [0.5, 0.6) is 0 Å². The Kier molecular flexibility index (Phi) is 6.92. The molecule has 0 saturated carbocycles. The molecule has 4 nitrogen and oxygen atoms in total. The molecule has 0 fully saturated rings. The molecule has 0 aliphatic heterocycles. The van der Waals surface area contributed by atoms with E-state index in [1.807, 2.05) is 45.9 Å². The van der Waals surface area contributed by atoms with Crippen molar-refractivity contribution in [3.8, 4) is 0 Å². The van der Waals surface area contributed by atoms with E-state index in [4.69, 9.17) is 0 Å². The summed E-state index contributed by atoms with van der Waals surface area (Å²) in [6.07, 6.45) is 1.02. The fourth-order valence-electron chi connectivity index (χ4n) is 2.42. The molecule has 0 aliphatic carbocycles. The predicted octanol–water partition coefficient (Wildman–Crippen LogP) is 2.65. The summed E-state index contributed by atoms with van der Waals surface area (Å²) in [5.41, 5.74) is 2.21. The van der Waals surface area contributed by atoms with E-state index in [2.05, 4.69) is 11.4 Å². The molecule has 0 aromatic heterocycles. The summed E-state index contributed by atoms with van der Waals surface area (Å²) >= 11 is 0. The van der Waals surface area contributed by atoms with Gasteiger partial charge < -0.3 is 10.2 Å². The normalized spacial score (nSPS) is 11.8. The first-order valence-electron chi connectivity index (χ1n) is 7.66. The van der Waals surface area contributed by atoms with Gasteiger partial charge in [0.2, 0.25) is 11.8 Å². The van der Waals surface area contributed by atoms with Gasteiger partial charge in [-0.1, -0.05) is 43.7 Å². The summed E-state index contributed by atoms with van der Waals surface area (Å²) in [5.74, 6) is -0.0657. The van der Waals surface area contributed by atoms with Gasteiger partial charge in [0.1, 0.15) is 6.04 Å². The Balaban J connectivity index is 2.98. The Morgan fingerprint density at radius 2 is 1.95 bits per heavy atom. The fourth-order valence-corrected chi connectivity index (χ4v) is 2.42. The average Bonchev–Trinajstić information content (AvgIpc) is 2.46. The molecule has 0 aliphatic rings. The van der Waals surface area contributed by atoms with Crippen LogP contribution in [-0.4, -0.2) is 29.3 Å². The third-order valence-corrected chi connectivity index (χ3v) is 3.47. The number of likely N-dealkylation sites (N-methyl/N-ethyl adjacent to an activating group) is 1. The van der Waals surface area contributed by atoms with Crippen molar-refractivity contribution >= 4 is 11.8 Å². The Morgan fingerprint density at radius 1 is 1.24 bits per heavy atom. The zero-order valence-electron chi connectivity index (χ0n) is 13.5. The predicted molar refractivity (Wildman–Crippen MR) is 84.8 cm³/mol. The van der Waals surface area contributed by atoms with Crippen LogP contribution in [0.15, 0.2) is 24.3 Å². The van der Waals surface area contributed by atoms with Gasteiger partial charge in [-0.2, -0.15) is 0 Å². The van der Waals surface area contributed by atoms with E-state index in [0.717, 1.165) is 11.1 Å². The van der Waals surface area contributed by atoms with Crippen LogP contribution in [-0.2, 0) is 16.1 Å². The van der Waals surface area contributed by atoms with E-state index in [1.165, 1.54) is 0 Å². The maximum atomic E-state index is 12.3. The molecule has 116 valence electrons. The van der Waals surface area contributed by atoms with E-state index in [-0.39, 0.29) is 11.8 Å². The molecule has 0 bridgehead atoms. The minimum absolute atomic E-state index is 0.00890. The number of benzene rings is 1. The first-order valence-corrected chi connectivity index (χ1v) is 7.66. The van der Waals surface area contributed by atoms with Crippen LogP contribution in [0.4, 0.5) is 0 Å². The van der Waals surface area contributed by atoms with E-state index in [0.29, 0.717) is 25.9 Å². The largest absolute Gasteiger partial charge is 0.355 e. The van der Waals surface area contributed by atoms with Crippen LogP contribution in [0.25, 0.3) is 0 Å². The molecule has 4 heteroatoms. The number of hydrogen-bond donors (Lipinski definition) is 1. The number of nitrogens with zero attached hydrogens (tertiary/aromatic N) is 1. The third-order valence-electron chi connectivity index (χ3n) is 3.47. The molecule has 21 heavy (non-hydrogen) atoms. The monoisotopic (exact) mass is 290 g/mol. The highest BCUT2D eigenvalue weighted by Gasteiger charge is 2.27. The van der Waals surface area contributed by atoms with Crippen LogP contribution < -0.4 is 5.32 Å². The molecule has 1 atom stereocenters. The zero-order valence-corrected chi connectivity index (χ0v) is 13.5. The number of amides is 2. The summed E-state index contributed by atoms with van der Waals surface area (Å²) in [6.45, 7) is 8.73. The lowest BCUT2D eigenvalue weighted by molar-refractivity contribution is -0.141. The van der Waals surface area contributed by atoms with Gasteiger partial charge in [-0.3, -0.25) is 9.59 Å². The lowest BCUT2D eigenvalue weighted by atomic mass is 10.1. The van der Waals surface area contributed by atoms with E-state index >= 15 is 0 Å². The highest BCUT2D eigenvalue weighted by Crippen LogP contribution is 2.14. The van der Waals surface area contributed by atoms with Crippen molar-refractivity contribution in [2.45, 2.75) is 53.1 Å². The van der Waals surface area contributed by atoms with Gasteiger partial charge in [-0.15, -0.1) is 0 Å². The van der Waals surface area contributed by atoms with Crippen molar-refractivity contribution in [2.24, 2.45) is 0 Å². The minimum Gasteiger partial charge on any atom is -0.355 e. The number of carbonyl (C=O) groups excluding carboxylic acids is 2. The van der Waals surface area contributed by atoms with Gasteiger partial charge in [0.15, 0.2) is 0 Å². The fraction of sp³-hybridized carbons (Fsp3) is 0.529. The summed E-state index contributed by atoms with van der Waals surface area (Å²) in [7, 11) is 0. The lowest BCUT2D eigenvalue weighted by Crippen LogP contribution is -2.48. The van der Waals surface area contributed by atoms with Crippen LogP contribution in [0, 0.1) is 6.92 Å². The number of rotatable bonds is 7. The average molecular weight is 290 g/mol. The van der Waals surface area contributed by atoms with Crippen molar-refractivity contribution in [3.63, 3.8) is 0 Å². The Morgan fingerprint density at radius 3 is 2.48 bits per heavy atom. The SMILES string of the molecule is CCNC(=O)C(CC)N(Cc1cccc(C)c1)C(=O)CC. The van der Waals surface area contributed by atoms with E-state index in [1.54, 1.807) is 4.90 Å². The molecule has 1 rings (SSSR count). The van der Waals surface area contributed by atoms with Gasteiger partial charge >= 0.3 is 0 Å². The van der Waals surface area contributed by atoms with Crippen LogP contribution in [0.1, 0.15) is 44.7 Å². The molecular formula is C17H26N2O2. The van der Waals surface area contributed by atoms with E-state index in [9.17, 15) is 9.59 Å². The van der Waals surface area contributed by atoms with E-state index < -0.39 is 6.04 Å². The van der Waals surface area contributed by atoms with Gasteiger partial charge in [0, 0.05) is 19.5 Å². The second kappa shape index (κ2) is 8.45. The molecular weight excluding hydrogens is 264 g/mol. The molecule has 1 N–H and O–H groups in total. The lowest BCUT2D eigenvalue weighted by Gasteiger charge is -2.30. The highest BCUT2D eigenvalue weighted by molar-refractivity contribution is 5.87. The van der Waals surface area contributed by atoms with Crippen LogP contribution in [0.3, 0.4) is 0 Å². The molecule has 1 aromatic carbocycles. The van der Waals surface area contributed by atoms with Crippen LogP contribution >= 0.6 is 0 Å². The Hall–Kier alpha value is -1.84. The first kappa shape index (κ1) is 17.2. The maximum Gasteiger partial charge on any atom is 0.242 e. The molecule has 0 saturated heterocycles. The quantitative estimate of drug-likeness (QED) is 0.839. The van der Waals surface area contributed by atoms with Crippen molar-refractivity contribution in [2.75, 3.05) is 6.54 Å². The second-order valence-electron chi connectivity index (χ2n) is 5.18. The summed E-state index contributed by atoms with van der Waals surface area (Å²) < 4.78 is 0. The van der Waals surface area contributed by atoms with Crippen molar-refractivity contribution in [1.29, 1.82) is 0 Å². The summed E-state index contributed by atoms with van der Waals surface area (Å²) in [4.78, 5) is 26.1. The number of hydrogen-bond acceptors (Lipinski definition) is 2. The molecule has 0 spiro atoms. The topological polar surface area (TPSA) is 49.4 Å². The summed E-state index contributed by atoms with van der Waals surface area (Å²) in [5, 5.41) is 2.82. The maximum absolute atomic E-state index is 12.3. The van der Waals surface area contributed by atoms with Crippen LogP contribution in [0.2, 0.25) is 0 Å². The van der Waals surface area contributed by atoms with Gasteiger partial charge in [-0.25, -0.2) is 0 Å². The van der Waals surface area contributed by atoms with Crippen molar-refractivity contribution in [1.82, 2.24) is 10.2 Å². The zero-order chi connectivity index (χ0) is 15.8. The van der Waals surface area contributed by atoms with Crippen molar-refractivity contribution < 1.29 is 9.59 Å². The van der Waals surface area contributed by atoms with Gasteiger partial charge in [0.05, 0.1) is 0 Å². The molecule has 1 unspecified atom stereocenters. The Bertz CT molecular complexity index is 485.